The number of benzene rings is 3. The molecule has 0 N–H and O–H groups in total. The normalized spacial score (nSPS) is 15.2. The molecule has 0 atom stereocenters. The summed E-state index contributed by atoms with van der Waals surface area (Å²) in [7, 11) is 0. The minimum Gasteiger partial charge on any atom is -0.283 e. The zero-order chi connectivity index (χ0) is 37.3. The van der Waals surface area contributed by atoms with E-state index in [0.29, 0.717) is 52.3 Å². The van der Waals surface area contributed by atoms with Gasteiger partial charge in [-0.3, -0.25) is 20.0 Å². The number of fused-ring (bicyclic) bond motifs is 2. The van der Waals surface area contributed by atoms with Crippen LogP contribution in [0.25, 0.3) is 45.3 Å². The third kappa shape index (κ3) is 6.19. The Labute approximate surface area is 311 Å². The van der Waals surface area contributed by atoms with Gasteiger partial charge in [0.1, 0.15) is 11.6 Å². The molecule has 0 spiro atoms. The van der Waals surface area contributed by atoms with Crippen LogP contribution in [0.15, 0.2) is 150 Å². The van der Waals surface area contributed by atoms with Crippen LogP contribution in [-0.4, -0.2) is 49.4 Å². The van der Waals surface area contributed by atoms with Gasteiger partial charge in [0.05, 0.1) is 33.9 Å². The van der Waals surface area contributed by atoms with Gasteiger partial charge in [0.2, 0.25) is 0 Å². The SMILES string of the molecule is C=C1C=C(c2ccc(-c3nc(-c4ccccc4)nc(-c4ccc(C5=CC(=C)C(=NCC)c6ncccc65)cc4F)n3)c(F)c2)c2cccnc2C1=NCC. The minimum atomic E-state index is -0.549. The van der Waals surface area contributed by atoms with Crippen molar-refractivity contribution >= 4 is 22.6 Å². The Bertz CT molecular complexity index is 2480. The molecule has 0 fully saturated rings. The fraction of sp³-hybridized carbons (Fsp3) is 0.0889. The molecular formula is C45H33F2N7. The van der Waals surface area contributed by atoms with Crippen molar-refractivity contribution in [3.05, 3.63) is 185 Å². The predicted molar refractivity (Wildman–Crippen MR) is 211 cm³/mol. The molecule has 0 saturated carbocycles. The topological polar surface area (TPSA) is 89.2 Å². The summed E-state index contributed by atoms with van der Waals surface area (Å²) in [5, 5.41) is 0. The fourth-order valence-electron chi connectivity index (χ4n) is 6.78. The summed E-state index contributed by atoms with van der Waals surface area (Å²) < 4.78 is 32.6. The maximum absolute atomic E-state index is 16.3. The van der Waals surface area contributed by atoms with E-state index in [1.165, 1.54) is 12.1 Å². The molecule has 3 heterocycles. The Balaban J connectivity index is 1.21. The van der Waals surface area contributed by atoms with E-state index in [9.17, 15) is 0 Å². The quantitative estimate of drug-likeness (QED) is 0.165. The van der Waals surface area contributed by atoms with Crippen LogP contribution in [0.2, 0.25) is 0 Å². The van der Waals surface area contributed by atoms with E-state index in [2.05, 4.69) is 48.1 Å². The molecule has 262 valence electrons. The van der Waals surface area contributed by atoms with E-state index in [-0.39, 0.29) is 28.6 Å². The van der Waals surface area contributed by atoms with Gasteiger partial charge in [-0.05, 0) is 95.8 Å². The van der Waals surface area contributed by atoms with E-state index < -0.39 is 11.6 Å². The molecule has 0 unspecified atom stereocenters. The lowest BCUT2D eigenvalue weighted by molar-refractivity contribution is 0.628. The van der Waals surface area contributed by atoms with Crippen molar-refractivity contribution in [2.75, 3.05) is 13.1 Å². The maximum Gasteiger partial charge on any atom is 0.167 e. The molecule has 0 saturated heterocycles. The molecule has 0 bridgehead atoms. The first kappa shape index (κ1) is 34.2. The smallest absolute Gasteiger partial charge is 0.167 e. The molecule has 0 radical (unpaired) electrons. The molecule has 0 amide bonds. The van der Waals surface area contributed by atoms with Crippen molar-refractivity contribution in [3.8, 4) is 34.2 Å². The molecule has 3 aromatic carbocycles. The van der Waals surface area contributed by atoms with E-state index in [1.54, 1.807) is 24.5 Å². The van der Waals surface area contributed by atoms with Crippen molar-refractivity contribution in [2.45, 2.75) is 13.8 Å². The van der Waals surface area contributed by atoms with Crippen LogP contribution < -0.4 is 0 Å². The van der Waals surface area contributed by atoms with Crippen LogP contribution in [-0.2, 0) is 0 Å². The molecule has 3 aromatic heterocycles. The maximum atomic E-state index is 16.3. The van der Waals surface area contributed by atoms with Gasteiger partial charge in [0.15, 0.2) is 17.5 Å². The highest BCUT2D eigenvalue weighted by Gasteiger charge is 2.26. The molecular weight excluding hydrogens is 677 g/mol. The zero-order valence-corrected chi connectivity index (χ0v) is 29.7. The van der Waals surface area contributed by atoms with Gasteiger partial charge in [-0.15, -0.1) is 0 Å². The average Bonchev–Trinajstić information content (AvgIpc) is 3.20. The highest BCUT2D eigenvalue weighted by atomic mass is 19.1. The summed E-state index contributed by atoms with van der Waals surface area (Å²) in [5.41, 5.74) is 9.69. The molecule has 9 heteroatoms. The van der Waals surface area contributed by atoms with Crippen LogP contribution in [0.5, 0.6) is 0 Å². The number of aliphatic imine (C=N–C) groups is 2. The van der Waals surface area contributed by atoms with Crippen molar-refractivity contribution in [1.29, 1.82) is 0 Å². The number of halogens is 2. The van der Waals surface area contributed by atoms with Gasteiger partial charge in [0.25, 0.3) is 0 Å². The zero-order valence-electron chi connectivity index (χ0n) is 29.7. The molecule has 2 aliphatic carbocycles. The average molecular weight is 710 g/mol. The van der Waals surface area contributed by atoms with Gasteiger partial charge in [-0.2, -0.15) is 0 Å². The molecule has 54 heavy (non-hydrogen) atoms. The van der Waals surface area contributed by atoms with Crippen LogP contribution in [0.3, 0.4) is 0 Å². The third-order valence-corrected chi connectivity index (χ3v) is 9.23. The largest absolute Gasteiger partial charge is 0.283 e. The van der Waals surface area contributed by atoms with Gasteiger partial charge in [0, 0.05) is 42.2 Å². The van der Waals surface area contributed by atoms with Crippen molar-refractivity contribution in [1.82, 2.24) is 24.9 Å². The van der Waals surface area contributed by atoms with E-state index >= 15 is 8.78 Å². The Hall–Kier alpha value is -6.87. The summed E-state index contributed by atoms with van der Waals surface area (Å²) in [6.45, 7) is 13.5. The summed E-state index contributed by atoms with van der Waals surface area (Å²) in [6, 6.07) is 26.6. The number of hydrogen-bond acceptors (Lipinski definition) is 7. The van der Waals surface area contributed by atoms with Crippen LogP contribution >= 0.6 is 0 Å². The van der Waals surface area contributed by atoms with Crippen molar-refractivity contribution < 1.29 is 8.78 Å². The minimum absolute atomic E-state index is 0.0712. The fourth-order valence-corrected chi connectivity index (χ4v) is 6.78. The van der Waals surface area contributed by atoms with Crippen LogP contribution in [0.1, 0.15) is 47.5 Å². The Morgan fingerprint density at radius 2 is 0.981 bits per heavy atom. The first-order valence-corrected chi connectivity index (χ1v) is 17.6. The predicted octanol–water partition coefficient (Wildman–Crippen LogP) is 9.56. The lowest BCUT2D eigenvalue weighted by Gasteiger charge is -2.21. The van der Waals surface area contributed by atoms with Crippen LogP contribution in [0, 0.1) is 11.6 Å². The second kappa shape index (κ2) is 14.3. The molecule has 2 aliphatic rings. The van der Waals surface area contributed by atoms with Gasteiger partial charge in [-0.25, -0.2) is 23.7 Å². The highest BCUT2D eigenvalue weighted by molar-refractivity contribution is 6.20. The Kier molecular flexibility index (Phi) is 9.05. The van der Waals surface area contributed by atoms with Gasteiger partial charge < -0.3 is 0 Å². The van der Waals surface area contributed by atoms with Crippen molar-refractivity contribution in [3.63, 3.8) is 0 Å². The number of pyridine rings is 2. The molecule has 0 aliphatic heterocycles. The second-order valence-electron chi connectivity index (χ2n) is 12.7. The number of aromatic nitrogens is 5. The Morgan fingerprint density at radius 3 is 1.43 bits per heavy atom. The summed E-state index contributed by atoms with van der Waals surface area (Å²) in [6.07, 6.45) is 7.23. The van der Waals surface area contributed by atoms with Crippen LogP contribution in [0.4, 0.5) is 8.78 Å². The number of nitrogens with zero attached hydrogens (tertiary/aromatic N) is 7. The number of hydrogen-bond donors (Lipinski definition) is 0. The van der Waals surface area contributed by atoms with Gasteiger partial charge >= 0.3 is 0 Å². The lowest BCUT2D eigenvalue weighted by Crippen LogP contribution is -2.15. The van der Waals surface area contributed by atoms with E-state index in [4.69, 9.17) is 0 Å². The number of rotatable bonds is 7. The standard InChI is InChI=1S/C45H33F2N7/c1-5-48-39-26(3)22-35(31-14-10-20-50-41(31)39)29-16-18-33(37(46)24-29)44-52-43(28-12-8-7-9-13-28)53-45(54-44)34-19-17-30(25-38(34)47)36-23-27(4)40(49-6-2)42-32(36)15-11-21-51-42/h7-25H,3-6H2,1-2H3. The highest BCUT2D eigenvalue weighted by Crippen LogP contribution is 2.37. The Morgan fingerprint density at radius 1 is 0.519 bits per heavy atom. The summed E-state index contributed by atoms with van der Waals surface area (Å²) >= 11 is 0. The summed E-state index contributed by atoms with van der Waals surface area (Å²) in [4.78, 5) is 32.4. The molecule has 8 rings (SSSR count). The van der Waals surface area contributed by atoms with Crippen molar-refractivity contribution in [2.24, 2.45) is 9.98 Å². The molecule has 7 nitrogen and oxygen atoms in total. The van der Waals surface area contributed by atoms with E-state index in [1.807, 2.05) is 92.7 Å². The lowest BCUT2D eigenvalue weighted by atomic mass is 9.86. The van der Waals surface area contributed by atoms with Gasteiger partial charge in [-0.1, -0.05) is 67.8 Å². The molecule has 6 aromatic rings. The third-order valence-electron chi connectivity index (χ3n) is 9.23. The number of allylic oxidation sites excluding steroid dienone is 4. The first-order chi connectivity index (χ1) is 26.3. The monoisotopic (exact) mass is 709 g/mol. The summed E-state index contributed by atoms with van der Waals surface area (Å²) in [5.74, 6) is -0.672. The second-order valence-corrected chi connectivity index (χ2v) is 12.7. The first-order valence-electron chi connectivity index (χ1n) is 17.6. The van der Waals surface area contributed by atoms with E-state index in [0.717, 1.165) is 33.7 Å².